The molecule has 2 aromatic rings. The molecule has 25 heavy (non-hydrogen) atoms. The van der Waals surface area contributed by atoms with Crippen LogP contribution in [-0.4, -0.2) is 43.0 Å². The van der Waals surface area contributed by atoms with Gasteiger partial charge in [-0.1, -0.05) is 0 Å². The van der Waals surface area contributed by atoms with Crippen molar-refractivity contribution < 1.29 is 19.2 Å². The zero-order valence-corrected chi connectivity index (χ0v) is 14.0. The molecule has 8 heteroatoms. The van der Waals surface area contributed by atoms with E-state index in [2.05, 4.69) is 0 Å². The van der Waals surface area contributed by atoms with Gasteiger partial charge in [0.05, 0.1) is 18.6 Å². The standard InChI is InChI=1S/C17H19N3O5/c1-19(7-8-25-16-5-3-15(24-2)4-6-16)17(21)12-9-13(18)11-14(10-12)20(22)23/h3-6,9-11H,7-8,18H2,1-2H3. The SMILES string of the molecule is COc1ccc(OCCN(C)C(=O)c2cc(N)cc([N+](=O)[O-])c2)cc1. The Labute approximate surface area is 144 Å². The highest BCUT2D eigenvalue weighted by Crippen LogP contribution is 2.20. The molecule has 2 aromatic carbocycles. The fourth-order valence-corrected chi connectivity index (χ4v) is 2.16. The number of nitrogens with two attached hydrogens (primary N) is 1. The molecule has 0 fully saturated rings. The number of non-ortho nitro benzene ring substituents is 1. The van der Waals surface area contributed by atoms with Crippen LogP contribution in [0.4, 0.5) is 11.4 Å². The number of amides is 1. The van der Waals surface area contributed by atoms with Gasteiger partial charge in [0.25, 0.3) is 11.6 Å². The highest BCUT2D eigenvalue weighted by atomic mass is 16.6. The van der Waals surface area contributed by atoms with Crippen LogP contribution in [0.15, 0.2) is 42.5 Å². The number of rotatable bonds is 7. The predicted molar refractivity (Wildman–Crippen MR) is 93.0 cm³/mol. The van der Waals surface area contributed by atoms with Gasteiger partial charge in [-0.15, -0.1) is 0 Å². The summed E-state index contributed by atoms with van der Waals surface area (Å²) in [5, 5.41) is 10.9. The van der Waals surface area contributed by atoms with Crippen molar-refractivity contribution >= 4 is 17.3 Å². The number of anilines is 1. The molecule has 2 rings (SSSR count). The molecule has 0 heterocycles. The number of carbonyl (C=O) groups is 1. The Bertz CT molecular complexity index is 761. The van der Waals surface area contributed by atoms with Gasteiger partial charge in [-0.25, -0.2) is 0 Å². The summed E-state index contributed by atoms with van der Waals surface area (Å²) < 4.78 is 10.6. The third kappa shape index (κ3) is 4.84. The Morgan fingerprint density at radius 2 is 1.84 bits per heavy atom. The monoisotopic (exact) mass is 345 g/mol. The zero-order chi connectivity index (χ0) is 18.4. The van der Waals surface area contributed by atoms with Crippen molar-refractivity contribution in [2.75, 3.05) is 33.0 Å². The first kappa shape index (κ1) is 18.1. The van der Waals surface area contributed by atoms with Gasteiger partial charge in [-0.2, -0.15) is 0 Å². The van der Waals surface area contributed by atoms with Gasteiger partial charge >= 0.3 is 0 Å². The van der Waals surface area contributed by atoms with Gasteiger partial charge in [-0.3, -0.25) is 14.9 Å². The molecule has 0 aliphatic rings. The van der Waals surface area contributed by atoms with Crippen LogP contribution in [-0.2, 0) is 0 Å². The third-order valence-corrected chi connectivity index (χ3v) is 3.50. The lowest BCUT2D eigenvalue weighted by Crippen LogP contribution is -2.31. The van der Waals surface area contributed by atoms with Crippen molar-refractivity contribution in [2.45, 2.75) is 0 Å². The van der Waals surface area contributed by atoms with Gasteiger partial charge in [0.1, 0.15) is 18.1 Å². The molecular weight excluding hydrogens is 326 g/mol. The lowest BCUT2D eigenvalue weighted by atomic mass is 10.1. The fourth-order valence-electron chi connectivity index (χ4n) is 2.16. The first-order valence-corrected chi connectivity index (χ1v) is 7.48. The van der Waals surface area contributed by atoms with Crippen molar-refractivity contribution in [3.8, 4) is 11.5 Å². The first-order valence-electron chi connectivity index (χ1n) is 7.48. The van der Waals surface area contributed by atoms with E-state index in [9.17, 15) is 14.9 Å². The first-order chi connectivity index (χ1) is 11.9. The summed E-state index contributed by atoms with van der Waals surface area (Å²) >= 11 is 0. The molecule has 0 radical (unpaired) electrons. The van der Waals surface area contributed by atoms with Crippen LogP contribution in [0.25, 0.3) is 0 Å². The van der Waals surface area contributed by atoms with Crippen molar-refractivity contribution in [2.24, 2.45) is 0 Å². The predicted octanol–water partition coefficient (Wildman–Crippen LogP) is 2.34. The molecule has 0 atom stereocenters. The molecule has 0 spiro atoms. The highest BCUT2D eigenvalue weighted by molar-refractivity contribution is 5.95. The van der Waals surface area contributed by atoms with E-state index in [1.165, 1.54) is 23.1 Å². The molecule has 0 aliphatic carbocycles. The number of likely N-dealkylation sites (N-methyl/N-ethyl adjacent to an activating group) is 1. The van der Waals surface area contributed by atoms with Crippen LogP contribution >= 0.6 is 0 Å². The second-order valence-electron chi connectivity index (χ2n) is 5.32. The van der Waals surface area contributed by atoms with Crippen LogP contribution < -0.4 is 15.2 Å². The Hall–Kier alpha value is -3.29. The van der Waals surface area contributed by atoms with E-state index in [1.807, 2.05) is 0 Å². The Morgan fingerprint density at radius 1 is 1.20 bits per heavy atom. The number of nitro groups is 1. The molecule has 0 unspecified atom stereocenters. The van der Waals surface area contributed by atoms with Crippen LogP contribution in [0.5, 0.6) is 11.5 Å². The molecule has 0 saturated heterocycles. The Kier molecular flexibility index (Phi) is 5.78. The Balaban J connectivity index is 1.94. The van der Waals surface area contributed by atoms with Crippen LogP contribution in [0.1, 0.15) is 10.4 Å². The maximum atomic E-state index is 12.4. The third-order valence-electron chi connectivity index (χ3n) is 3.50. The van der Waals surface area contributed by atoms with Crippen molar-refractivity contribution in [3.63, 3.8) is 0 Å². The number of carbonyl (C=O) groups excluding carboxylic acids is 1. The summed E-state index contributed by atoms with van der Waals surface area (Å²) in [6.07, 6.45) is 0. The average Bonchev–Trinajstić information content (AvgIpc) is 2.61. The van der Waals surface area contributed by atoms with E-state index in [0.29, 0.717) is 12.3 Å². The van der Waals surface area contributed by atoms with Gasteiger partial charge in [0, 0.05) is 30.4 Å². The van der Waals surface area contributed by atoms with E-state index in [0.717, 1.165) is 5.75 Å². The second-order valence-corrected chi connectivity index (χ2v) is 5.32. The summed E-state index contributed by atoms with van der Waals surface area (Å²) in [5.41, 5.74) is 5.74. The van der Waals surface area contributed by atoms with Crippen LogP contribution in [0.3, 0.4) is 0 Å². The zero-order valence-electron chi connectivity index (χ0n) is 14.0. The summed E-state index contributed by atoms with van der Waals surface area (Å²) in [7, 11) is 3.17. The largest absolute Gasteiger partial charge is 0.497 e. The van der Waals surface area contributed by atoms with Crippen LogP contribution in [0.2, 0.25) is 0 Å². The number of benzene rings is 2. The number of nitro benzene ring substituents is 1. The Morgan fingerprint density at radius 3 is 2.44 bits per heavy atom. The number of ether oxygens (including phenoxy) is 2. The quantitative estimate of drug-likeness (QED) is 0.469. The van der Waals surface area contributed by atoms with Gasteiger partial charge in [0.2, 0.25) is 0 Å². The number of methoxy groups -OCH3 is 1. The van der Waals surface area contributed by atoms with E-state index in [-0.39, 0.29) is 29.5 Å². The smallest absolute Gasteiger partial charge is 0.272 e. The maximum absolute atomic E-state index is 12.4. The summed E-state index contributed by atoms with van der Waals surface area (Å²) in [6.45, 7) is 0.590. The summed E-state index contributed by atoms with van der Waals surface area (Å²) in [6, 6.07) is 10.9. The molecule has 8 nitrogen and oxygen atoms in total. The topological polar surface area (TPSA) is 108 Å². The van der Waals surface area contributed by atoms with Crippen LogP contribution in [0, 0.1) is 10.1 Å². The van der Waals surface area contributed by atoms with Crippen molar-refractivity contribution in [1.29, 1.82) is 0 Å². The van der Waals surface area contributed by atoms with Crippen molar-refractivity contribution in [1.82, 2.24) is 4.90 Å². The van der Waals surface area contributed by atoms with E-state index in [4.69, 9.17) is 15.2 Å². The minimum Gasteiger partial charge on any atom is -0.497 e. The average molecular weight is 345 g/mol. The van der Waals surface area contributed by atoms with Gasteiger partial charge < -0.3 is 20.1 Å². The minimum atomic E-state index is -0.583. The highest BCUT2D eigenvalue weighted by Gasteiger charge is 2.17. The second kappa shape index (κ2) is 8.00. The molecule has 132 valence electrons. The molecule has 2 N–H and O–H groups in total. The number of hydrogen-bond acceptors (Lipinski definition) is 6. The molecule has 0 aliphatic heterocycles. The van der Waals surface area contributed by atoms with Gasteiger partial charge in [-0.05, 0) is 30.3 Å². The van der Waals surface area contributed by atoms with Crippen molar-refractivity contribution in [3.05, 3.63) is 58.1 Å². The normalized spacial score (nSPS) is 10.2. The van der Waals surface area contributed by atoms with E-state index < -0.39 is 4.92 Å². The molecule has 0 bridgehead atoms. The summed E-state index contributed by atoms with van der Waals surface area (Å²) in [5.74, 6) is 1.01. The summed E-state index contributed by atoms with van der Waals surface area (Å²) in [4.78, 5) is 24.1. The minimum absolute atomic E-state index is 0.165. The lowest BCUT2D eigenvalue weighted by molar-refractivity contribution is -0.384. The number of nitrogen functional groups attached to an aromatic ring is 1. The van der Waals surface area contributed by atoms with E-state index in [1.54, 1.807) is 38.4 Å². The lowest BCUT2D eigenvalue weighted by Gasteiger charge is -2.18. The van der Waals surface area contributed by atoms with Gasteiger partial charge in [0.15, 0.2) is 0 Å². The molecule has 0 saturated carbocycles. The number of hydrogen-bond donors (Lipinski definition) is 1. The van der Waals surface area contributed by atoms with E-state index >= 15 is 0 Å². The fraction of sp³-hybridized carbons (Fsp3) is 0.235. The molecule has 0 aromatic heterocycles. The maximum Gasteiger partial charge on any atom is 0.272 e. The molecular formula is C17H19N3O5. The molecule has 1 amide bonds. The number of nitrogens with zero attached hydrogens (tertiary/aromatic N) is 2.